The summed E-state index contributed by atoms with van der Waals surface area (Å²) in [6, 6.07) is 5.59. The molecule has 0 aliphatic heterocycles. The third-order valence-corrected chi connectivity index (χ3v) is 1.62. The van der Waals surface area contributed by atoms with Gasteiger partial charge in [-0.05, 0) is 11.0 Å². The van der Waals surface area contributed by atoms with Crippen molar-refractivity contribution in [3.63, 3.8) is 0 Å². The average molecular weight is 207 g/mol. The fraction of sp³-hybridized carbons (Fsp3) is 0. The van der Waals surface area contributed by atoms with E-state index in [1.807, 2.05) is 5.43 Å². The molecule has 0 unspecified atom stereocenters. The molecule has 0 fully saturated rings. The van der Waals surface area contributed by atoms with Gasteiger partial charge in [0.25, 0.3) is 0 Å². The molecule has 5 N–H and O–H groups in total. The van der Waals surface area contributed by atoms with E-state index < -0.39 is 13.1 Å². The first-order valence-electron chi connectivity index (χ1n) is 4.14. The molecule has 1 rings (SSSR count). The Labute approximate surface area is 86.6 Å². The highest BCUT2D eigenvalue weighted by atomic mass is 16.4. The Hall–Kier alpha value is -1.86. The van der Waals surface area contributed by atoms with Crippen molar-refractivity contribution in [3.05, 3.63) is 29.8 Å². The lowest BCUT2D eigenvalue weighted by atomic mass is 9.80. The highest BCUT2D eigenvalue weighted by Gasteiger charge is 2.08. The minimum atomic E-state index is -1.49. The smallest absolute Gasteiger partial charge is 0.423 e. The van der Waals surface area contributed by atoms with Gasteiger partial charge < -0.3 is 15.8 Å². The second kappa shape index (κ2) is 5.13. The highest BCUT2D eigenvalue weighted by Crippen LogP contribution is 1.93. The molecule has 1 aromatic rings. The van der Waals surface area contributed by atoms with E-state index in [1.54, 1.807) is 12.1 Å². The van der Waals surface area contributed by atoms with Gasteiger partial charge in [0.1, 0.15) is 0 Å². The van der Waals surface area contributed by atoms with Gasteiger partial charge in [-0.1, -0.05) is 24.3 Å². The van der Waals surface area contributed by atoms with Gasteiger partial charge >= 0.3 is 13.1 Å². The number of carbonyl (C=O) groups excluding carboxylic acids is 1. The van der Waals surface area contributed by atoms with Crippen LogP contribution in [0.1, 0.15) is 5.56 Å². The third-order valence-electron chi connectivity index (χ3n) is 1.62. The summed E-state index contributed by atoms with van der Waals surface area (Å²) >= 11 is 0. The van der Waals surface area contributed by atoms with Gasteiger partial charge in [0.15, 0.2) is 0 Å². The number of benzene rings is 1. The SMILES string of the molecule is NC(=O)NN=Cc1ccc(B(O)O)cc1. The number of urea groups is 1. The fourth-order valence-electron chi connectivity index (χ4n) is 0.925. The summed E-state index contributed by atoms with van der Waals surface area (Å²) in [6.07, 6.45) is 1.39. The molecule has 0 saturated carbocycles. The summed E-state index contributed by atoms with van der Waals surface area (Å²) in [5.41, 5.74) is 7.92. The van der Waals surface area contributed by atoms with Crippen molar-refractivity contribution in [2.75, 3.05) is 0 Å². The van der Waals surface area contributed by atoms with Crippen LogP contribution in [0.25, 0.3) is 0 Å². The molecule has 0 aliphatic carbocycles. The van der Waals surface area contributed by atoms with E-state index in [2.05, 4.69) is 5.10 Å². The molecule has 0 atom stereocenters. The quantitative estimate of drug-likeness (QED) is 0.271. The van der Waals surface area contributed by atoms with Crippen LogP contribution in [0.5, 0.6) is 0 Å². The molecule has 2 amide bonds. The number of hydrogen-bond acceptors (Lipinski definition) is 4. The van der Waals surface area contributed by atoms with E-state index in [-0.39, 0.29) is 0 Å². The van der Waals surface area contributed by atoms with E-state index in [0.717, 1.165) is 0 Å². The molecule has 0 bridgehead atoms. The number of nitrogens with zero attached hydrogens (tertiary/aromatic N) is 1. The Morgan fingerprint density at radius 3 is 2.47 bits per heavy atom. The van der Waals surface area contributed by atoms with Crippen molar-refractivity contribution in [3.8, 4) is 0 Å². The number of amides is 2. The lowest BCUT2D eigenvalue weighted by molar-refractivity contribution is 0.249. The first-order chi connectivity index (χ1) is 7.09. The number of carbonyl (C=O) groups is 1. The van der Waals surface area contributed by atoms with Crippen LogP contribution in [-0.2, 0) is 0 Å². The van der Waals surface area contributed by atoms with Crippen molar-refractivity contribution in [2.24, 2.45) is 10.8 Å². The molecule has 0 spiro atoms. The first-order valence-corrected chi connectivity index (χ1v) is 4.14. The van der Waals surface area contributed by atoms with Crippen molar-refractivity contribution in [2.45, 2.75) is 0 Å². The van der Waals surface area contributed by atoms with Gasteiger partial charge in [-0.3, -0.25) is 0 Å². The Balaban J connectivity index is 2.64. The predicted molar refractivity (Wildman–Crippen MR) is 56.6 cm³/mol. The zero-order valence-electron chi connectivity index (χ0n) is 7.79. The highest BCUT2D eigenvalue weighted by molar-refractivity contribution is 6.58. The van der Waals surface area contributed by atoms with Gasteiger partial charge in [0.05, 0.1) is 6.21 Å². The Morgan fingerprint density at radius 1 is 1.40 bits per heavy atom. The van der Waals surface area contributed by atoms with Gasteiger partial charge in [0.2, 0.25) is 0 Å². The normalized spacial score (nSPS) is 10.3. The molecule has 15 heavy (non-hydrogen) atoms. The van der Waals surface area contributed by atoms with E-state index in [4.69, 9.17) is 15.8 Å². The van der Waals surface area contributed by atoms with Crippen LogP contribution < -0.4 is 16.6 Å². The summed E-state index contributed by atoms with van der Waals surface area (Å²) in [7, 11) is -1.49. The maximum Gasteiger partial charge on any atom is 0.488 e. The second-order valence-corrected chi connectivity index (χ2v) is 2.77. The minimum absolute atomic E-state index is 0.384. The van der Waals surface area contributed by atoms with Crippen LogP contribution in [0.4, 0.5) is 4.79 Å². The minimum Gasteiger partial charge on any atom is -0.423 e. The van der Waals surface area contributed by atoms with Crippen molar-refractivity contribution < 1.29 is 14.8 Å². The summed E-state index contributed by atoms with van der Waals surface area (Å²) < 4.78 is 0. The number of nitrogens with two attached hydrogens (primary N) is 1. The molecule has 0 radical (unpaired) electrons. The van der Waals surface area contributed by atoms with E-state index >= 15 is 0 Å². The number of primary amides is 1. The average Bonchev–Trinajstić information content (AvgIpc) is 2.18. The zero-order chi connectivity index (χ0) is 11.3. The van der Waals surface area contributed by atoms with Gasteiger partial charge in [0, 0.05) is 0 Å². The molecule has 0 aliphatic rings. The second-order valence-electron chi connectivity index (χ2n) is 2.77. The predicted octanol–water partition coefficient (Wildman–Crippen LogP) is -1.63. The molecule has 0 heterocycles. The molecule has 0 aromatic heterocycles. The van der Waals surface area contributed by atoms with Crippen molar-refractivity contribution in [1.82, 2.24) is 5.43 Å². The van der Waals surface area contributed by atoms with Crippen LogP contribution >= 0.6 is 0 Å². The monoisotopic (exact) mass is 207 g/mol. The summed E-state index contributed by atoms with van der Waals surface area (Å²) in [5.74, 6) is 0. The largest absolute Gasteiger partial charge is 0.488 e. The molecule has 78 valence electrons. The number of nitrogens with one attached hydrogen (secondary N) is 1. The maximum atomic E-state index is 10.3. The molecular formula is C8H10BN3O3. The lowest BCUT2D eigenvalue weighted by Gasteiger charge is -1.98. The van der Waals surface area contributed by atoms with E-state index in [0.29, 0.717) is 11.0 Å². The molecule has 6 nitrogen and oxygen atoms in total. The van der Waals surface area contributed by atoms with Gasteiger partial charge in [-0.2, -0.15) is 5.10 Å². The van der Waals surface area contributed by atoms with Crippen LogP contribution in [0.15, 0.2) is 29.4 Å². The first kappa shape index (κ1) is 11.2. The molecule has 0 saturated heterocycles. The lowest BCUT2D eigenvalue weighted by Crippen LogP contribution is -2.29. The number of hydrogen-bond donors (Lipinski definition) is 4. The van der Waals surface area contributed by atoms with Crippen molar-refractivity contribution >= 4 is 24.8 Å². The van der Waals surface area contributed by atoms with E-state index in [1.165, 1.54) is 18.3 Å². The molecular weight excluding hydrogens is 197 g/mol. The maximum absolute atomic E-state index is 10.3. The zero-order valence-corrected chi connectivity index (χ0v) is 7.79. The van der Waals surface area contributed by atoms with Gasteiger partial charge in [-0.25, -0.2) is 10.2 Å². The van der Waals surface area contributed by atoms with Gasteiger partial charge in [-0.15, -0.1) is 0 Å². The van der Waals surface area contributed by atoms with Crippen molar-refractivity contribution in [1.29, 1.82) is 0 Å². The Bertz CT molecular complexity index is 364. The van der Waals surface area contributed by atoms with Crippen LogP contribution in [-0.4, -0.2) is 29.4 Å². The summed E-state index contributed by atoms with van der Waals surface area (Å²) in [5, 5.41) is 21.2. The van der Waals surface area contributed by atoms with E-state index in [9.17, 15) is 4.79 Å². The van der Waals surface area contributed by atoms with Crippen LogP contribution in [0.2, 0.25) is 0 Å². The third kappa shape index (κ3) is 3.80. The summed E-state index contributed by atoms with van der Waals surface area (Å²) in [4.78, 5) is 10.3. The van der Waals surface area contributed by atoms with Crippen LogP contribution in [0.3, 0.4) is 0 Å². The number of hydrazone groups is 1. The Morgan fingerprint density at radius 2 is 2.00 bits per heavy atom. The standard InChI is InChI=1S/C8H10BN3O3/c10-8(13)12-11-5-6-1-3-7(4-2-6)9(14)15/h1-5,14-15H,(H3,10,12,13). The molecule has 1 aromatic carbocycles. The topological polar surface area (TPSA) is 108 Å². The Kier molecular flexibility index (Phi) is 3.84. The molecule has 7 heteroatoms. The summed E-state index contributed by atoms with van der Waals surface area (Å²) in [6.45, 7) is 0. The van der Waals surface area contributed by atoms with Crippen LogP contribution in [0, 0.1) is 0 Å². The number of rotatable bonds is 3. The fourth-order valence-corrected chi connectivity index (χ4v) is 0.925.